The molecule has 0 bridgehead atoms. The van der Waals surface area contributed by atoms with Crippen molar-refractivity contribution in [2.75, 3.05) is 31.0 Å². The van der Waals surface area contributed by atoms with Gasteiger partial charge in [0.2, 0.25) is 0 Å². The fourth-order valence-corrected chi connectivity index (χ4v) is 5.62. The molecule has 0 radical (unpaired) electrons. The van der Waals surface area contributed by atoms with Crippen LogP contribution in [-0.2, 0) is 23.0 Å². The first-order valence-corrected chi connectivity index (χ1v) is 12.9. The fourth-order valence-electron chi connectivity index (χ4n) is 4.43. The van der Waals surface area contributed by atoms with Crippen molar-refractivity contribution >= 4 is 27.5 Å². The van der Waals surface area contributed by atoms with Crippen LogP contribution in [0, 0.1) is 10.8 Å². The van der Waals surface area contributed by atoms with Crippen LogP contribution in [0.2, 0.25) is 0 Å². The molecule has 2 aliphatic rings. The topological polar surface area (TPSA) is 127 Å². The van der Waals surface area contributed by atoms with Crippen molar-refractivity contribution in [3.05, 3.63) is 53.6 Å². The van der Waals surface area contributed by atoms with E-state index in [-0.39, 0.29) is 17.0 Å². The summed E-state index contributed by atoms with van der Waals surface area (Å²) in [5, 5.41) is 15.4. The Morgan fingerprint density at radius 2 is 1.71 bits per heavy atom. The van der Waals surface area contributed by atoms with E-state index in [0.717, 1.165) is 43.5 Å². The number of benzene rings is 2. The van der Waals surface area contributed by atoms with Crippen LogP contribution in [0.3, 0.4) is 0 Å². The third-order valence-corrected chi connectivity index (χ3v) is 8.41. The molecule has 0 aliphatic carbocycles. The van der Waals surface area contributed by atoms with Crippen LogP contribution in [0.5, 0.6) is 5.75 Å². The van der Waals surface area contributed by atoms with E-state index in [0.29, 0.717) is 30.4 Å². The predicted molar refractivity (Wildman–Crippen MR) is 133 cm³/mol. The number of likely N-dealkylation sites (tertiary alicyclic amines) is 1. The highest BCUT2D eigenvalue weighted by Crippen LogP contribution is 2.29. The number of guanidine groups is 1. The summed E-state index contributed by atoms with van der Waals surface area (Å²) in [5.41, 5.74) is 8.33. The lowest BCUT2D eigenvalue weighted by molar-refractivity contribution is 0.130. The summed E-state index contributed by atoms with van der Waals surface area (Å²) in [6, 6.07) is 12.2. The van der Waals surface area contributed by atoms with Gasteiger partial charge in [0, 0.05) is 46.1 Å². The number of hydrogen-bond donors (Lipinski definition) is 3. The van der Waals surface area contributed by atoms with Crippen LogP contribution >= 0.6 is 0 Å². The second kappa shape index (κ2) is 9.54. The van der Waals surface area contributed by atoms with Gasteiger partial charge in [0.15, 0.2) is 5.96 Å². The quantitative estimate of drug-likeness (QED) is 0.442. The Hall–Kier alpha value is -3.27. The van der Waals surface area contributed by atoms with Crippen molar-refractivity contribution < 1.29 is 13.2 Å². The molecule has 0 amide bonds. The number of ether oxygens (including phenoxy) is 1. The Morgan fingerprint density at radius 3 is 2.32 bits per heavy atom. The summed E-state index contributed by atoms with van der Waals surface area (Å²) in [5.74, 6) is 1.24. The number of rotatable bonds is 5. The van der Waals surface area contributed by atoms with Crippen molar-refractivity contribution in [3.63, 3.8) is 0 Å². The molecule has 10 heteroatoms. The van der Waals surface area contributed by atoms with Crippen molar-refractivity contribution in [3.8, 4) is 5.75 Å². The molecule has 4 rings (SSSR count). The van der Waals surface area contributed by atoms with Crippen molar-refractivity contribution in [1.82, 2.24) is 9.80 Å². The van der Waals surface area contributed by atoms with Gasteiger partial charge in [0.1, 0.15) is 11.9 Å². The Balaban J connectivity index is 1.44. The van der Waals surface area contributed by atoms with Gasteiger partial charge in [-0.2, -0.15) is 0 Å². The first-order chi connectivity index (χ1) is 16.1. The largest absolute Gasteiger partial charge is 0.490 e. The maximum atomic E-state index is 13.3. The van der Waals surface area contributed by atoms with Crippen molar-refractivity contribution in [1.29, 1.82) is 10.8 Å². The number of anilines is 1. The van der Waals surface area contributed by atoms with Crippen LogP contribution in [-0.4, -0.2) is 62.8 Å². The lowest BCUT2D eigenvalue weighted by Crippen LogP contribution is -2.40. The average Bonchev–Trinajstić information content (AvgIpc) is 2.83. The summed E-state index contributed by atoms with van der Waals surface area (Å²) >= 11 is 0. The van der Waals surface area contributed by atoms with Gasteiger partial charge < -0.3 is 20.3 Å². The molecule has 0 spiro atoms. The Labute approximate surface area is 201 Å². The molecular formula is C24H32N6O3S. The molecule has 182 valence electrons. The summed E-state index contributed by atoms with van der Waals surface area (Å²) < 4.78 is 33.9. The molecule has 1 saturated heterocycles. The van der Waals surface area contributed by atoms with E-state index in [1.54, 1.807) is 43.1 Å². The Bertz CT molecular complexity index is 1170. The average molecular weight is 485 g/mol. The van der Waals surface area contributed by atoms with E-state index in [1.165, 1.54) is 4.31 Å². The highest BCUT2D eigenvalue weighted by Gasteiger charge is 2.25. The summed E-state index contributed by atoms with van der Waals surface area (Å²) in [6.45, 7) is 4.56. The lowest BCUT2D eigenvalue weighted by atomic mass is 9.99. The molecule has 0 aromatic heterocycles. The molecule has 1 fully saturated rings. The predicted octanol–water partition coefficient (Wildman–Crippen LogP) is 2.60. The van der Waals surface area contributed by atoms with Gasteiger partial charge in [0.25, 0.3) is 10.0 Å². The third-order valence-electron chi connectivity index (χ3n) is 6.61. The smallest absolute Gasteiger partial charge is 0.264 e. The van der Waals surface area contributed by atoms with Crippen LogP contribution in [0.15, 0.2) is 47.4 Å². The number of amidine groups is 1. The first-order valence-electron chi connectivity index (χ1n) is 11.4. The van der Waals surface area contributed by atoms with Gasteiger partial charge in [0.05, 0.1) is 16.4 Å². The fraction of sp³-hybridized carbons (Fsp3) is 0.417. The van der Waals surface area contributed by atoms with Gasteiger partial charge >= 0.3 is 0 Å². The molecule has 2 aromatic rings. The molecule has 0 saturated carbocycles. The maximum Gasteiger partial charge on any atom is 0.264 e. The number of nitrogens with zero attached hydrogens (tertiary/aromatic N) is 3. The zero-order valence-corrected chi connectivity index (χ0v) is 20.4. The molecule has 0 atom stereocenters. The molecule has 9 nitrogen and oxygen atoms in total. The number of nitrogens with one attached hydrogen (secondary N) is 2. The maximum absolute atomic E-state index is 13.3. The van der Waals surface area contributed by atoms with E-state index in [1.807, 2.05) is 23.1 Å². The molecule has 2 heterocycles. The minimum atomic E-state index is -3.75. The van der Waals surface area contributed by atoms with Gasteiger partial charge in [-0.25, -0.2) is 8.42 Å². The minimum absolute atomic E-state index is 0.0229. The third kappa shape index (κ3) is 4.96. The summed E-state index contributed by atoms with van der Waals surface area (Å²) in [6.07, 6.45) is 2.50. The van der Waals surface area contributed by atoms with Crippen molar-refractivity contribution in [2.24, 2.45) is 5.73 Å². The van der Waals surface area contributed by atoms with Crippen LogP contribution < -0.4 is 14.8 Å². The number of sulfonamides is 1. The molecule has 4 N–H and O–H groups in total. The molecular weight excluding hydrogens is 452 g/mol. The van der Waals surface area contributed by atoms with E-state index in [4.69, 9.17) is 21.3 Å². The number of nitrogens with two attached hydrogens (primary N) is 1. The minimum Gasteiger partial charge on any atom is -0.490 e. The van der Waals surface area contributed by atoms with E-state index < -0.39 is 10.0 Å². The van der Waals surface area contributed by atoms with Gasteiger partial charge in [-0.15, -0.1) is 0 Å². The standard InChI is InChI=1S/C24H32N6O3S/c1-17(25)29-13-10-22(11-14-29)33-21-5-7-23(8-6-21)34(31,32)28(2)20-4-3-18-9-12-30(24(26)27)16-19(18)15-20/h3-8,15,22,25H,9-14,16H2,1-2H3,(H3,26,27). The normalized spacial score (nSPS) is 16.6. The van der Waals surface area contributed by atoms with E-state index >= 15 is 0 Å². The lowest BCUT2D eigenvalue weighted by Gasteiger charge is -2.32. The van der Waals surface area contributed by atoms with Crippen LogP contribution in [0.25, 0.3) is 0 Å². The SMILES string of the molecule is CC(=N)N1CCC(Oc2ccc(S(=O)(=O)N(C)c3ccc4c(c3)CN(C(=N)N)CC4)cc2)CC1. The Morgan fingerprint density at radius 1 is 1.03 bits per heavy atom. The summed E-state index contributed by atoms with van der Waals surface area (Å²) in [4.78, 5) is 4.00. The van der Waals surface area contributed by atoms with Gasteiger partial charge in [-0.05, 0) is 60.9 Å². The summed E-state index contributed by atoms with van der Waals surface area (Å²) in [7, 11) is -2.20. The number of hydrogen-bond acceptors (Lipinski definition) is 5. The van der Waals surface area contributed by atoms with E-state index in [2.05, 4.69) is 0 Å². The van der Waals surface area contributed by atoms with Crippen molar-refractivity contribution in [2.45, 2.75) is 43.7 Å². The molecule has 0 unspecified atom stereocenters. The first kappa shape index (κ1) is 23.9. The van der Waals surface area contributed by atoms with Crippen LogP contribution in [0.1, 0.15) is 30.9 Å². The van der Waals surface area contributed by atoms with E-state index in [9.17, 15) is 8.42 Å². The zero-order chi connectivity index (χ0) is 24.5. The number of piperidine rings is 1. The molecule has 2 aromatic carbocycles. The Kier molecular flexibility index (Phi) is 6.70. The second-order valence-corrected chi connectivity index (χ2v) is 10.8. The molecule has 34 heavy (non-hydrogen) atoms. The highest BCUT2D eigenvalue weighted by atomic mass is 32.2. The zero-order valence-electron chi connectivity index (χ0n) is 19.6. The molecule has 2 aliphatic heterocycles. The van der Waals surface area contributed by atoms with Gasteiger partial charge in [-0.1, -0.05) is 6.07 Å². The van der Waals surface area contributed by atoms with Crippen LogP contribution in [0.4, 0.5) is 5.69 Å². The monoisotopic (exact) mass is 484 g/mol. The number of fused-ring (bicyclic) bond motifs is 1. The van der Waals surface area contributed by atoms with Gasteiger partial charge in [-0.3, -0.25) is 15.1 Å². The highest BCUT2D eigenvalue weighted by molar-refractivity contribution is 7.92. The second-order valence-electron chi connectivity index (χ2n) is 8.84.